The highest BCUT2D eigenvalue weighted by Crippen LogP contribution is 2.47. The van der Waals surface area contributed by atoms with E-state index < -0.39 is 83.7 Å². The zero-order valence-corrected chi connectivity index (χ0v) is 88.9. The Balaban J connectivity index is 0.000000133. The molecule has 9 aliphatic heterocycles. The summed E-state index contributed by atoms with van der Waals surface area (Å²) in [5.74, 6) is 3.99. The second-order valence-electron chi connectivity index (χ2n) is 34.1. The molecule has 0 unspecified atom stereocenters. The van der Waals surface area contributed by atoms with Crippen LogP contribution in [0.3, 0.4) is 0 Å². The molecule has 9 aliphatic rings. The topological polar surface area (TPSA) is 670 Å². The first-order valence-electron chi connectivity index (χ1n) is 45.4. The van der Waals surface area contributed by atoms with Crippen LogP contribution in [-0.2, 0) is 45.1 Å². The van der Waals surface area contributed by atoms with Gasteiger partial charge in [-0.3, -0.25) is 25.4 Å². The number of likely N-dealkylation sites (tertiary alicyclic amines) is 1. The minimum absolute atomic E-state index is 0.0663. The minimum Gasteiger partial charge on any atom is -0.535 e. The van der Waals surface area contributed by atoms with Gasteiger partial charge in [0.05, 0.1) is 65.7 Å². The maximum atomic E-state index is 11.6. The van der Waals surface area contributed by atoms with Gasteiger partial charge >= 0.3 is 78.5 Å². The number of nitrogens with one attached hydrogen (secondary N) is 3. The third-order valence-electron chi connectivity index (χ3n) is 23.9. The molecule has 5 aromatic heterocycles. The molecule has 147 heavy (non-hydrogen) atoms. The van der Waals surface area contributed by atoms with E-state index in [1.165, 1.54) is 116 Å². The van der Waals surface area contributed by atoms with Crippen molar-refractivity contribution in [2.45, 2.75) is 155 Å². The summed E-state index contributed by atoms with van der Waals surface area (Å²) in [7, 11) is -6.57. The van der Waals surface area contributed by atoms with Gasteiger partial charge in [-0.25, -0.2) is 38.4 Å². The number of nitrogens with two attached hydrogens (primary N) is 3. The molecule has 0 saturated carbocycles. The Morgan fingerprint density at radius 3 is 1.22 bits per heavy atom. The van der Waals surface area contributed by atoms with Crippen LogP contribution in [0.4, 0.5) is 0 Å². The fraction of sp³-hybridized carbons (Fsp3) is 0.360. The number of aromatic amines is 1. The molecule has 6 atom stereocenters. The molecule has 61 heteroatoms. The fourth-order valence-corrected chi connectivity index (χ4v) is 29.2. The second kappa shape index (κ2) is 50.7. The second-order valence-corrected chi connectivity index (χ2v) is 49.0. The summed E-state index contributed by atoms with van der Waals surface area (Å²) in [4.78, 5) is 85.9. The number of benzene rings is 6. The van der Waals surface area contributed by atoms with Crippen molar-refractivity contribution in [2.24, 2.45) is 16.5 Å². The molecule has 11 aromatic rings. The van der Waals surface area contributed by atoms with Crippen LogP contribution in [0, 0.1) is 47.0 Å². The van der Waals surface area contributed by atoms with Crippen LogP contribution >= 0.6 is 140 Å². The minimum atomic E-state index is -1.19. The van der Waals surface area contributed by atoms with E-state index in [4.69, 9.17) is 50.6 Å². The molecule has 0 radical (unpaired) electrons. The van der Waals surface area contributed by atoms with Gasteiger partial charge in [-0.2, -0.15) is 16.9 Å². The SMILES string of the molecule is Cc1ccc2c(c1C(=O)O)OB(O)[C@@H](SC1CN(C3=NCCS3)C1)C2.Cc1ccc2c(c1C(=O)O)OB(O)[C@@H](Sc1cncs1)C2.Cc1ccc2c(c1C(=O)O)OB(O)[C@@H](Sc1ncn[nH]1)C2.Cc1ccc2c(c1C(=O)O)OB(O)[C@@H](Sc1nnc(CN)n1N)C2.Cc1ccc2c(c1C(=O)O)OB(O)[C@@H](Sc1nnc(SCC(=N)N)s1)C2.Cc1ccc2c(c1C(=O)O)OB(O)[C@@H](Sc1nnc(SCCN3CCNCC3)s1)C2. The predicted molar refractivity (Wildman–Crippen MR) is 571 cm³/mol. The van der Waals surface area contributed by atoms with Crippen molar-refractivity contribution >= 4 is 229 Å². The molecule has 2 fully saturated rings. The number of hydrogen-bond acceptors (Lipinski definition) is 46. The molecular weight excluding hydrogens is 2130 g/mol. The highest BCUT2D eigenvalue weighted by molar-refractivity contribution is 8.14. The van der Waals surface area contributed by atoms with Gasteiger partial charge in [-0.1, -0.05) is 178 Å². The Kier molecular flexibility index (Phi) is 38.3. The number of thiazole rings is 1. The van der Waals surface area contributed by atoms with Gasteiger partial charge < -0.3 is 116 Å². The Morgan fingerprint density at radius 1 is 0.490 bits per heavy atom. The van der Waals surface area contributed by atoms with E-state index in [-0.39, 0.29) is 100 Å². The smallest absolute Gasteiger partial charge is 0.535 e. The molecular formula is C86H97B6N19O24S12. The molecule has 2 saturated heterocycles. The number of amidine groups is 2. The first-order chi connectivity index (χ1) is 70.4. The largest absolute Gasteiger partial charge is 0.537 e. The molecule has 20 rings (SSSR count). The molecule has 6 aromatic carbocycles. The average Bonchev–Trinajstić information content (AvgIpc) is 1.60. The summed E-state index contributed by atoms with van der Waals surface area (Å²) >= 11 is 17.7. The number of aliphatic imine (C=N–C) groups is 1. The summed E-state index contributed by atoms with van der Waals surface area (Å²) in [6.45, 7) is 18.5. The standard InChI is InChI=1S/C18H23BN4O4S3.C16H19BN2O4S2.C14H15BN4O4S3.C13H16BN5O4S.C13H12BNO4S2.C12H12BN3O4S/c1-11-2-3-12-10-13(19(26)27-15(12)14(11)16(24)25)29-18-22-21-17(30-18)28-9-8-23-6-4-20-5-7-23;1-9-2-3-10-6-12(17(22)23-14(10)13(9)15(20)21)25-11-7-19(8-11)16-18-4-5-24-16;1-6-2-3-7-4-8(15(22)23-11(7)10(6)12(20)21)25-14-19-18-13(26-14)24-5-9(16)17;1-6-2-3-7-4-8(14(22)23-11(7)10(6)12(20)21)24-13-18-17-9(5-15)19(13)16;1-7-2-3-8-4-9(21-10-5-15-6-20-10)14(18)19-12(8)11(7)13(16)17;1-6-2-3-7-4-8(21-12-14-5-15-16-12)13(19)20-10(7)9(6)11(17)18/h2-3,13,20,26H,4-10H2,1H3,(H,24,25);2-3,11-12,22H,4-8H2,1H3,(H,20,21);2-3,8,22H,4-5H2,1H3,(H3,16,17)(H,20,21);2-3,8,22H,4-5,15-16H2,1H3,(H,20,21);2-3,5-6,9,18H,4H2,1H3,(H,16,17);2-3,5,8,19H,4H2,1H3,(H,17,18)(H,14,15,16)/t13-;12-;2*8-;9-;8-/m000000/s1. The van der Waals surface area contributed by atoms with Crippen molar-refractivity contribution in [3.05, 3.63) is 197 Å². The van der Waals surface area contributed by atoms with Crippen molar-refractivity contribution in [1.82, 2.24) is 70.6 Å². The van der Waals surface area contributed by atoms with Crippen LogP contribution in [0.15, 0.2) is 128 Å². The van der Waals surface area contributed by atoms with Crippen LogP contribution in [0.2, 0.25) is 0 Å². The number of aromatic carboxylic acids is 6. The highest BCUT2D eigenvalue weighted by atomic mass is 32.2. The number of piperazine rings is 1. The van der Waals surface area contributed by atoms with Crippen molar-refractivity contribution in [3.8, 4) is 34.5 Å². The molecule has 770 valence electrons. The Labute approximate surface area is 893 Å². The van der Waals surface area contributed by atoms with Crippen molar-refractivity contribution in [2.75, 3.05) is 75.5 Å². The lowest BCUT2D eigenvalue weighted by molar-refractivity contribution is 0.0682. The van der Waals surface area contributed by atoms with Gasteiger partial charge in [0.2, 0.25) is 5.16 Å². The zero-order valence-electron chi connectivity index (χ0n) is 79.1. The predicted octanol–water partition coefficient (Wildman–Crippen LogP) is 7.65. The summed E-state index contributed by atoms with van der Waals surface area (Å²) in [6.07, 6.45) is 6.17. The van der Waals surface area contributed by atoms with Crippen LogP contribution in [0.1, 0.15) is 135 Å². The van der Waals surface area contributed by atoms with E-state index >= 15 is 0 Å². The van der Waals surface area contributed by atoms with Gasteiger partial charge in [0.25, 0.3) is 0 Å². The number of nitrogen functional groups attached to an aromatic ring is 1. The number of carboxylic acids is 6. The average molecular weight is 2230 g/mol. The highest BCUT2D eigenvalue weighted by Gasteiger charge is 2.47. The Morgan fingerprint density at radius 2 is 0.864 bits per heavy atom. The van der Waals surface area contributed by atoms with Crippen molar-refractivity contribution < 1.29 is 117 Å². The molecule has 43 nitrogen and oxygen atoms in total. The van der Waals surface area contributed by atoms with E-state index in [1.54, 1.807) is 113 Å². The quantitative estimate of drug-likeness (QED) is 0.00813. The number of aromatic nitrogens is 11. The summed E-state index contributed by atoms with van der Waals surface area (Å²) in [5.41, 5.74) is 21.6. The van der Waals surface area contributed by atoms with Gasteiger partial charge in [-0.05, 0) is 147 Å². The lowest BCUT2D eigenvalue weighted by Crippen LogP contribution is -2.53. The molecule has 21 N–H and O–H groups in total. The maximum absolute atomic E-state index is 11.6. The third kappa shape index (κ3) is 27.6. The van der Waals surface area contributed by atoms with E-state index in [9.17, 15) is 89.6 Å². The van der Waals surface area contributed by atoms with E-state index in [0.29, 0.717) is 119 Å². The zero-order chi connectivity index (χ0) is 105. The summed E-state index contributed by atoms with van der Waals surface area (Å²) in [5, 5.41) is 160. The number of fused-ring (bicyclic) bond motifs is 6. The molecule has 14 heterocycles. The van der Waals surface area contributed by atoms with E-state index in [1.807, 2.05) is 48.2 Å². The van der Waals surface area contributed by atoms with Crippen LogP contribution in [0.25, 0.3) is 0 Å². The van der Waals surface area contributed by atoms with Gasteiger partial charge in [0.1, 0.15) is 80.0 Å². The normalized spacial score (nSPS) is 18.3. The van der Waals surface area contributed by atoms with Crippen molar-refractivity contribution in [3.63, 3.8) is 0 Å². The van der Waals surface area contributed by atoms with Crippen LogP contribution < -0.4 is 50.6 Å². The van der Waals surface area contributed by atoms with Crippen molar-refractivity contribution in [1.29, 1.82) is 5.41 Å². The molecule has 0 spiro atoms. The van der Waals surface area contributed by atoms with E-state index in [0.717, 1.165) is 110 Å². The lowest BCUT2D eigenvalue weighted by Gasteiger charge is -2.42. The molecule has 0 aliphatic carbocycles. The van der Waals surface area contributed by atoms with Gasteiger partial charge in [-0.15, -0.1) is 53.7 Å². The van der Waals surface area contributed by atoms with E-state index in [2.05, 4.69) is 70.9 Å². The Hall–Kier alpha value is -10.1. The van der Waals surface area contributed by atoms with Crippen LogP contribution in [-0.4, -0.2) is 321 Å². The lowest BCUT2D eigenvalue weighted by atomic mass is 9.77. The summed E-state index contributed by atoms with van der Waals surface area (Å²) in [6, 6.07) is 21.7. The number of aryl methyl sites for hydroxylation is 6. The van der Waals surface area contributed by atoms with Gasteiger partial charge in [0, 0.05) is 62.6 Å². The molecule has 0 bridgehead atoms. The number of carboxylic acid groups (broad SMARTS) is 6. The third-order valence-corrected chi connectivity index (χ3v) is 37.6. The summed E-state index contributed by atoms with van der Waals surface area (Å²) < 4.78 is 38.6. The number of rotatable bonds is 26. The Bertz CT molecular complexity index is 6560. The van der Waals surface area contributed by atoms with Gasteiger partial charge in [0.15, 0.2) is 33.5 Å². The number of thioether (sulfide) groups is 9. The van der Waals surface area contributed by atoms with Crippen LogP contribution in [0.5, 0.6) is 34.5 Å². The first-order valence-corrected chi connectivity index (χ1v) is 56.2. The monoisotopic (exact) mass is 2230 g/mol. The number of H-pyrrole nitrogens is 1. The number of carbonyl (C=O) groups is 6. The first kappa shape index (κ1) is 111. The maximum Gasteiger partial charge on any atom is 0.537 e. The number of nitrogens with zero attached hydrogens (tertiary/aromatic N) is 13. The molecule has 0 amide bonds. The number of hydrogen-bond donors (Lipinski definition) is 18. The fourth-order valence-electron chi connectivity index (χ4n) is 16.5.